The van der Waals surface area contributed by atoms with E-state index in [1.165, 1.54) is 6.07 Å². The number of ether oxygens (including phenoxy) is 2. The molecule has 2 aromatic carbocycles. The summed E-state index contributed by atoms with van der Waals surface area (Å²) in [6.07, 6.45) is 0. The SMILES string of the molecule is COc1cccc(Oc2ccc(N)c(C(N)=O)c2)c1. The highest BCUT2D eigenvalue weighted by Crippen LogP contribution is 2.27. The molecule has 0 fully saturated rings. The van der Waals surface area contributed by atoms with Crippen molar-refractivity contribution in [3.05, 3.63) is 48.0 Å². The molecule has 98 valence electrons. The van der Waals surface area contributed by atoms with Crippen LogP contribution >= 0.6 is 0 Å². The number of rotatable bonds is 4. The fourth-order valence-electron chi connectivity index (χ4n) is 1.61. The molecule has 0 aliphatic heterocycles. The van der Waals surface area contributed by atoms with E-state index in [1.54, 1.807) is 37.4 Å². The van der Waals surface area contributed by atoms with Gasteiger partial charge in [0.15, 0.2) is 0 Å². The molecule has 19 heavy (non-hydrogen) atoms. The van der Waals surface area contributed by atoms with Gasteiger partial charge in [0.2, 0.25) is 0 Å². The molecule has 5 nitrogen and oxygen atoms in total. The number of hydrogen-bond acceptors (Lipinski definition) is 4. The van der Waals surface area contributed by atoms with Gasteiger partial charge in [0, 0.05) is 11.8 Å². The summed E-state index contributed by atoms with van der Waals surface area (Å²) >= 11 is 0. The average Bonchev–Trinajstić information content (AvgIpc) is 2.41. The number of methoxy groups -OCH3 is 1. The number of amides is 1. The Kier molecular flexibility index (Phi) is 3.56. The van der Waals surface area contributed by atoms with Crippen LogP contribution in [0.15, 0.2) is 42.5 Å². The average molecular weight is 258 g/mol. The van der Waals surface area contributed by atoms with Gasteiger partial charge in [-0.15, -0.1) is 0 Å². The predicted molar refractivity (Wildman–Crippen MR) is 72.4 cm³/mol. The van der Waals surface area contributed by atoms with Gasteiger partial charge in [-0.25, -0.2) is 0 Å². The van der Waals surface area contributed by atoms with Crippen molar-refractivity contribution in [3.63, 3.8) is 0 Å². The normalized spacial score (nSPS) is 9.95. The molecule has 1 amide bonds. The maximum absolute atomic E-state index is 11.2. The lowest BCUT2D eigenvalue weighted by atomic mass is 10.1. The van der Waals surface area contributed by atoms with Crippen LogP contribution in [0.2, 0.25) is 0 Å². The summed E-state index contributed by atoms with van der Waals surface area (Å²) < 4.78 is 10.7. The Balaban J connectivity index is 2.28. The minimum Gasteiger partial charge on any atom is -0.497 e. The van der Waals surface area contributed by atoms with Crippen LogP contribution in [0.4, 0.5) is 5.69 Å². The lowest BCUT2D eigenvalue weighted by molar-refractivity contribution is 0.100. The van der Waals surface area contributed by atoms with Crippen molar-refractivity contribution in [3.8, 4) is 17.2 Å². The number of nitrogen functional groups attached to an aromatic ring is 1. The Morgan fingerprint density at radius 3 is 2.42 bits per heavy atom. The lowest BCUT2D eigenvalue weighted by Gasteiger charge is -2.09. The molecule has 0 heterocycles. The third kappa shape index (κ3) is 2.95. The number of hydrogen-bond donors (Lipinski definition) is 2. The first-order valence-corrected chi connectivity index (χ1v) is 5.61. The van der Waals surface area contributed by atoms with Gasteiger partial charge in [0.1, 0.15) is 17.2 Å². The molecule has 0 spiro atoms. The number of carbonyl (C=O) groups excluding carboxylic acids is 1. The Bertz CT molecular complexity index is 611. The van der Waals surface area contributed by atoms with E-state index in [0.717, 1.165) is 0 Å². The van der Waals surface area contributed by atoms with E-state index < -0.39 is 5.91 Å². The van der Waals surface area contributed by atoms with Gasteiger partial charge < -0.3 is 20.9 Å². The zero-order chi connectivity index (χ0) is 13.8. The van der Waals surface area contributed by atoms with Crippen molar-refractivity contribution in [2.75, 3.05) is 12.8 Å². The Morgan fingerprint density at radius 1 is 1.05 bits per heavy atom. The monoisotopic (exact) mass is 258 g/mol. The zero-order valence-corrected chi connectivity index (χ0v) is 10.4. The molecule has 0 saturated carbocycles. The largest absolute Gasteiger partial charge is 0.497 e. The zero-order valence-electron chi connectivity index (χ0n) is 10.4. The highest BCUT2D eigenvalue weighted by Gasteiger charge is 2.08. The van der Waals surface area contributed by atoms with Crippen molar-refractivity contribution < 1.29 is 14.3 Å². The number of carbonyl (C=O) groups is 1. The quantitative estimate of drug-likeness (QED) is 0.823. The topological polar surface area (TPSA) is 87.6 Å². The molecular formula is C14H14N2O3. The summed E-state index contributed by atoms with van der Waals surface area (Å²) in [5, 5.41) is 0. The maximum atomic E-state index is 11.2. The van der Waals surface area contributed by atoms with Crippen molar-refractivity contribution in [1.29, 1.82) is 0 Å². The first kappa shape index (κ1) is 12.8. The van der Waals surface area contributed by atoms with Gasteiger partial charge in [-0.05, 0) is 30.3 Å². The molecule has 5 heteroatoms. The van der Waals surface area contributed by atoms with Crippen LogP contribution in [-0.4, -0.2) is 13.0 Å². The van der Waals surface area contributed by atoms with E-state index in [1.807, 2.05) is 6.07 Å². The highest BCUT2D eigenvalue weighted by molar-refractivity contribution is 5.98. The van der Waals surface area contributed by atoms with Crippen molar-refractivity contribution in [1.82, 2.24) is 0 Å². The Labute approximate surface area is 110 Å². The molecular weight excluding hydrogens is 244 g/mol. The van der Waals surface area contributed by atoms with E-state index in [-0.39, 0.29) is 5.56 Å². The summed E-state index contributed by atoms with van der Waals surface area (Å²) in [6.45, 7) is 0. The van der Waals surface area contributed by atoms with Crippen molar-refractivity contribution in [2.45, 2.75) is 0 Å². The number of anilines is 1. The molecule has 0 bridgehead atoms. The Hall–Kier alpha value is -2.69. The molecule has 2 aromatic rings. The van der Waals surface area contributed by atoms with Gasteiger partial charge in [-0.1, -0.05) is 6.07 Å². The molecule has 0 aliphatic rings. The smallest absolute Gasteiger partial charge is 0.250 e. The number of primary amides is 1. The highest BCUT2D eigenvalue weighted by atomic mass is 16.5. The first-order chi connectivity index (χ1) is 9.10. The second-order valence-corrected chi connectivity index (χ2v) is 3.89. The number of benzene rings is 2. The molecule has 4 N–H and O–H groups in total. The second kappa shape index (κ2) is 5.30. The standard InChI is InChI=1S/C14H14N2O3/c1-18-9-3-2-4-10(7-9)19-11-5-6-13(15)12(8-11)14(16)17/h2-8H,15H2,1H3,(H2,16,17). The van der Waals surface area contributed by atoms with Crippen LogP contribution in [0, 0.1) is 0 Å². The third-order valence-corrected chi connectivity index (χ3v) is 2.57. The van der Waals surface area contributed by atoms with Crippen LogP contribution < -0.4 is 20.9 Å². The molecule has 0 atom stereocenters. The summed E-state index contributed by atoms with van der Waals surface area (Å²) in [4.78, 5) is 11.2. The van der Waals surface area contributed by atoms with Crippen LogP contribution in [0.25, 0.3) is 0 Å². The second-order valence-electron chi connectivity index (χ2n) is 3.89. The van der Waals surface area contributed by atoms with Gasteiger partial charge in [0.05, 0.1) is 12.7 Å². The molecule has 0 unspecified atom stereocenters. The summed E-state index contributed by atoms with van der Waals surface area (Å²) in [7, 11) is 1.58. The van der Waals surface area contributed by atoms with Crippen molar-refractivity contribution >= 4 is 11.6 Å². The minimum absolute atomic E-state index is 0.236. The van der Waals surface area contributed by atoms with E-state index in [4.69, 9.17) is 20.9 Å². The summed E-state index contributed by atoms with van der Waals surface area (Å²) in [5.74, 6) is 1.17. The summed E-state index contributed by atoms with van der Waals surface area (Å²) in [6, 6.07) is 11.9. The minimum atomic E-state index is -0.589. The van der Waals surface area contributed by atoms with E-state index in [2.05, 4.69) is 0 Å². The molecule has 0 radical (unpaired) electrons. The summed E-state index contributed by atoms with van der Waals surface area (Å²) in [5.41, 5.74) is 11.4. The van der Waals surface area contributed by atoms with Gasteiger partial charge >= 0.3 is 0 Å². The van der Waals surface area contributed by atoms with E-state index >= 15 is 0 Å². The first-order valence-electron chi connectivity index (χ1n) is 5.61. The van der Waals surface area contributed by atoms with Crippen LogP contribution in [0.3, 0.4) is 0 Å². The lowest BCUT2D eigenvalue weighted by Crippen LogP contribution is -2.13. The maximum Gasteiger partial charge on any atom is 0.250 e. The van der Waals surface area contributed by atoms with Gasteiger partial charge in [-0.2, -0.15) is 0 Å². The van der Waals surface area contributed by atoms with E-state index in [9.17, 15) is 4.79 Å². The molecule has 0 saturated heterocycles. The van der Waals surface area contributed by atoms with Crippen molar-refractivity contribution in [2.24, 2.45) is 5.73 Å². The van der Waals surface area contributed by atoms with Crippen LogP contribution in [-0.2, 0) is 0 Å². The predicted octanol–water partition coefficient (Wildman–Crippen LogP) is 2.17. The number of nitrogens with two attached hydrogens (primary N) is 2. The fourth-order valence-corrected chi connectivity index (χ4v) is 1.61. The molecule has 2 rings (SSSR count). The fraction of sp³-hybridized carbons (Fsp3) is 0.0714. The van der Waals surface area contributed by atoms with Gasteiger partial charge in [0.25, 0.3) is 5.91 Å². The Morgan fingerprint density at radius 2 is 1.74 bits per heavy atom. The van der Waals surface area contributed by atoms with Gasteiger partial charge in [-0.3, -0.25) is 4.79 Å². The van der Waals surface area contributed by atoms with Crippen LogP contribution in [0.1, 0.15) is 10.4 Å². The van der Waals surface area contributed by atoms with Crippen LogP contribution in [0.5, 0.6) is 17.2 Å². The third-order valence-electron chi connectivity index (χ3n) is 2.57. The molecule has 0 aliphatic carbocycles. The molecule has 0 aromatic heterocycles. The van der Waals surface area contributed by atoms with E-state index in [0.29, 0.717) is 22.9 Å².